The van der Waals surface area contributed by atoms with Crippen LogP contribution in [-0.2, 0) is 0 Å². The molecule has 0 radical (unpaired) electrons. The molecule has 2 aromatic rings. The van der Waals surface area contributed by atoms with Gasteiger partial charge in [-0.15, -0.1) is 0 Å². The Labute approximate surface area is 103 Å². The summed E-state index contributed by atoms with van der Waals surface area (Å²) in [5, 5.41) is 0.207. The summed E-state index contributed by atoms with van der Waals surface area (Å²) >= 11 is 5.86. The van der Waals surface area contributed by atoms with Crippen molar-refractivity contribution in [2.24, 2.45) is 0 Å². The molecule has 0 bridgehead atoms. The second-order valence-corrected chi connectivity index (χ2v) is 3.55. The van der Waals surface area contributed by atoms with Crippen molar-refractivity contribution in [1.82, 2.24) is 15.0 Å². The summed E-state index contributed by atoms with van der Waals surface area (Å²) in [6, 6.07) is 3.56. The van der Waals surface area contributed by atoms with Gasteiger partial charge in [0.15, 0.2) is 10.9 Å². The normalized spacial score (nSPS) is 10.1. The van der Waals surface area contributed by atoms with Crippen LogP contribution >= 0.6 is 11.6 Å². The Morgan fingerprint density at radius 3 is 2.76 bits per heavy atom. The van der Waals surface area contributed by atoms with Crippen molar-refractivity contribution in [1.29, 1.82) is 0 Å². The Hall–Kier alpha value is -1.88. The van der Waals surface area contributed by atoms with Crippen molar-refractivity contribution in [3.05, 3.63) is 35.5 Å². The van der Waals surface area contributed by atoms with Gasteiger partial charge in [0, 0.05) is 6.20 Å². The van der Waals surface area contributed by atoms with Crippen LogP contribution < -0.4 is 9.47 Å². The number of rotatable bonds is 3. The third-order valence-corrected chi connectivity index (χ3v) is 2.37. The van der Waals surface area contributed by atoms with E-state index in [1.54, 1.807) is 18.3 Å². The first kappa shape index (κ1) is 11.6. The summed E-state index contributed by atoms with van der Waals surface area (Å²) in [7, 11) is 1.48. The summed E-state index contributed by atoms with van der Waals surface area (Å²) < 4.78 is 10.7. The Morgan fingerprint density at radius 1 is 1.24 bits per heavy atom. The molecule has 88 valence electrons. The van der Waals surface area contributed by atoms with Gasteiger partial charge >= 0.3 is 0 Å². The minimum atomic E-state index is 0.207. The second kappa shape index (κ2) is 4.97. The van der Waals surface area contributed by atoms with E-state index in [-0.39, 0.29) is 11.0 Å². The predicted molar refractivity (Wildman–Crippen MR) is 62.6 cm³/mol. The fourth-order valence-electron chi connectivity index (χ4n) is 1.26. The fourth-order valence-corrected chi connectivity index (χ4v) is 1.46. The van der Waals surface area contributed by atoms with E-state index >= 15 is 0 Å². The number of aromatic nitrogens is 3. The SMILES string of the molecule is COc1c(Cl)ncnc1Oc1cccnc1C. The molecule has 0 aliphatic rings. The zero-order valence-electron chi connectivity index (χ0n) is 9.35. The van der Waals surface area contributed by atoms with Crippen molar-refractivity contribution in [2.45, 2.75) is 6.92 Å². The molecule has 5 nitrogen and oxygen atoms in total. The lowest BCUT2D eigenvalue weighted by atomic mass is 10.3. The summed E-state index contributed by atoms with van der Waals surface area (Å²) in [4.78, 5) is 11.9. The molecule has 0 aromatic carbocycles. The van der Waals surface area contributed by atoms with Gasteiger partial charge in [0.25, 0.3) is 5.88 Å². The maximum Gasteiger partial charge on any atom is 0.267 e. The maximum absolute atomic E-state index is 5.86. The van der Waals surface area contributed by atoms with Gasteiger partial charge in [-0.2, -0.15) is 4.98 Å². The minimum absolute atomic E-state index is 0.207. The lowest BCUT2D eigenvalue weighted by Crippen LogP contribution is -1.97. The van der Waals surface area contributed by atoms with Crippen LogP contribution in [0.2, 0.25) is 5.15 Å². The first-order chi connectivity index (χ1) is 8.22. The van der Waals surface area contributed by atoms with E-state index in [2.05, 4.69) is 15.0 Å². The van der Waals surface area contributed by atoms with Crippen LogP contribution in [0.3, 0.4) is 0 Å². The van der Waals surface area contributed by atoms with E-state index in [0.29, 0.717) is 11.5 Å². The number of aryl methyl sites for hydroxylation is 1. The molecule has 2 heterocycles. The molecule has 0 atom stereocenters. The number of nitrogens with zero attached hydrogens (tertiary/aromatic N) is 3. The van der Waals surface area contributed by atoms with E-state index < -0.39 is 0 Å². The molecule has 0 amide bonds. The number of pyridine rings is 1. The number of hydrogen-bond acceptors (Lipinski definition) is 5. The van der Waals surface area contributed by atoms with E-state index in [1.165, 1.54) is 13.4 Å². The first-order valence-electron chi connectivity index (χ1n) is 4.86. The number of methoxy groups -OCH3 is 1. The average molecular weight is 252 g/mol. The summed E-state index contributed by atoms with van der Waals surface area (Å²) in [5.41, 5.74) is 0.754. The summed E-state index contributed by atoms with van der Waals surface area (Å²) in [6.07, 6.45) is 3.00. The van der Waals surface area contributed by atoms with Crippen LogP contribution in [0.1, 0.15) is 5.69 Å². The van der Waals surface area contributed by atoms with Gasteiger partial charge < -0.3 is 9.47 Å². The van der Waals surface area contributed by atoms with E-state index in [1.807, 2.05) is 6.92 Å². The quantitative estimate of drug-likeness (QED) is 0.785. The van der Waals surface area contributed by atoms with Gasteiger partial charge in [-0.1, -0.05) is 11.6 Å². The largest absolute Gasteiger partial charge is 0.489 e. The molecule has 0 unspecified atom stereocenters. The zero-order chi connectivity index (χ0) is 12.3. The maximum atomic E-state index is 5.86. The van der Waals surface area contributed by atoms with Crippen molar-refractivity contribution < 1.29 is 9.47 Å². The van der Waals surface area contributed by atoms with Crippen molar-refractivity contribution >= 4 is 11.6 Å². The predicted octanol–water partition coefficient (Wildman–Crippen LogP) is 2.63. The lowest BCUT2D eigenvalue weighted by molar-refractivity contribution is 0.366. The Bertz CT molecular complexity index is 534. The monoisotopic (exact) mass is 251 g/mol. The van der Waals surface area contributed by atoms with Gasteiger partial charge in [-0.05, 0) is 19.1 Å². The highest BCUT2D eigenvalue weighted by Gasteiger charge is 2.13. The Kier molecular flexibility index (Phi) is 3.39. The number of ether oxygens (including phenoxy) is 2. The Balaban J connectivity index is 2.37. The fraction of sp³-hybridized carbons (Fsp3) is 0.182. The van der Waals surface area contributed by atoms with Crippen molar-refractivity contribution in [3.63, 3.8) is 0 Å². The lowest BCUT2D eigenvalue weighted by Gasteiger charge is -2.10. The number of hydrogen-bond donors (Lipinski definition) is 0. The molecule has 2 rings (SSSR count). The van der Waals surface area contributed by atoms with Crippen molar-refractivity contribution in [3.8, 4) is 17.4 Å². The van der Waals surface area contributed by atoms with Crippen LogP contribution in [0.15, 0.2) is 24.7 Å². The number of halogens is 1. The third kappa shape index (κ3) is 2.45. The van der Waals surface area contributed by atoms with Gasteiger partial charge in [0.1, 0.15) is 6.33 Å². The minimum Gasteiger partial charge on any atom is -0.489 e. The first-order valence-corrected chi connectivity index (χ1v) is 5.24. The summed E-state index contributed by atoms with van der Waals surface area (Å²) in [5.74, 6) is 1.17. The molecule has 0 fully saturated rings. The smallest absolute Gasteiger partial charge is 0.267 e. The van der Waals surface area contributed by atoms with Crippen LogP contribution in [0.4, 0.5) is 0 Å². The third-order valence-electron chi connectivity index (χ3n) is 2.10. The molecule has 6 heteroatoms. The van der Waals surface area contributed by atoms with Crippen LogP contribution in [0.5, 0.6) is 17.4 Å². The van der Waals surface area contributed by atoms with Crippen LogP contribution in [0, 0.1) is 6.92 Å². The molecule has 0 aliphatic carbocycles. The molecule has 17 heavy (non-hydrogen) atoms. The Morgan fingerprint density at radius 2 is 2.06 bits per heavy atom. The highest BCUT2D eigenvalue weighted by molar-refractivity contribution is 6.31. The standard InChI is InChI=1S/C11H10ClN3O2/c1-7-8(4-3-5-13-7)17-11-9(16-2)10(12)14-6-15-11/h3-6H,1-2H3. The second-order valence-electron chi connectivity index (χ2n) is 3.19. The highest BCUT2D eigenvalue weighted by Crippen LogP contribution is 2.34. The molecular weight excluding hydrogens is 242 g/mol. The van der Waals surface area contributed by atoms with Crippen LogP contribution in [0.25, 0.3) is 0 Å². The van der Waals surface area contributed by atoms with E-state index in [9.17, 15) is 0 Å². The van der Waals surface area contributed by atoms with E-state index in [4.69, 9.17) is 21.1 Å². The van der Waals surface area contributed by atoms with Gasteiger partial charge in [-0.3, -0.25) is 4.98 Å². The molecule has 0 saturated heterocycles. The van der Waals surface area contributed by atoms with Gasteiger partial charge in [-0.25, -0.2) is 4.98 Å². The summed E-state index contributed by atoms with van der Waals surface area (Å²) in [6.45, 7) is 1.84. The van der Waals surface area contributed by atoms with Gasteiger partial charge in [0.05, 0.1) is 12.8 Å². The van der Waals surface area contributed by atoms with Crippen molar-refractivity contribution in [2.75, 3.05) is 7.11 Å². The van der Waals surface area contributed by atoms with E-state index in [0.717, 1.165) is 5.69 Å². The highest BCUT2D eigenvalue weighted by atomic mass is 35.5. The molecule has 0 saturated carbocycles. The molecule has 0 N–H and O–H groups in total. The molecule has 0 spiro atoms. The zero-order valence-corrected chi connectivity index (χ0v) is 10.1. The topological polar surface area (TPSA) is 57.1 Å². The molecule has 0 aliphatic heterocycles. The average Bonchev–Trinajstić information content (AvgIpc) is 2.32. The van der Waals surface area contributed by atoms with Gasteiger partial charge in [0.2, 0.25) is 5.75 Å². The molecular formula is C11H10ClN3O2. The van der Waals surface area contributed by atoms with Crippen LogP contribution in [-0.4, -0.2) is 22.1 Å². The molecule has 2 aromatic heterocycles.